The monoisotopic (exact) mass is 193 g/mol. The van der Waals surface area contributed by atoms with Gasteiger partial charge in [0.2, 0.25) is 0 Å². The second kappa shape index (κ2) is 10.3. The van der Waals surface area contributed by atoms with Crippen molar-refractivity contribution in [2.45, 2.75) is 26.7 Å². The second-order valence-electron chi connectivity index (χ2n) is 3.17. The molecule has 0 radical (unpaired) electrons. The van der Waals surface area contributed by atoms with E-state index in [1.165, 1.54) is 25.9 Å². The highest BCUT2D eigenvalue weighted by molar-refractivity contribution is 4.99. The highest BCUT2D eigenvalue weighted by atomic mass is 15.1. The molecule has 1 aromatic rings. The average molecular weight is 193 g/mol. The summed E-state index contributed by atoms with van der Waals surface area (Å²) in [5.41, 5.74) is 0. The number of hydrogen-bond acceptors (Lipinski definition) is 1. The molecule has 0 bridgehead atoms. The molecule has 14 heavy (non-hydrogen) atoms. The van der Waals surface area contributed by atoms with Crippen LogP contribution in [0.3, 0.4) is 0 Å². The summed E-state index contributed by atoms with van der Waals surface area (Å²) in [4.78, 5) is 2.36. The Kier molecular flexibility index (Phi) is 9.66. The molecule has 1 fully saturated rings. The molecule has 0 aliphatic carbocycles. The third-order valence-electron chi connectivity index (χ3n) is 2.00. The fourth-order valence-corrected chi connectivity index (χ4v) is 1.26. The minimum Gasteiger partial charge on any atom is -0.306 e. The standard InChI is InChI=1S/C6H6.C5H11N.C2H6/c1-2-4-6-5-3-1;1-6-4-2-3-5-6;1-2/h1-6H;2-5H2,1H3;1-2H3. The van der Waals surface area contributed by atoms with Crippen LogP contribution in [0.5, 0.6) is 0 Å². The molecule has 1 heterocycles. The van der Waals surface area contributed by atoms with Gasteiger partial charge in [-0.3, -0.25) is 0 Å². The van der Waals surface area contributed by atoms with Gasteiger partial charge in [0, 0.05) is 0 Å². The summed E-state index contributed by atoms with van der Waals surface area (Å²) >= 11 is 0. The zero-order chi connectivity index (χ0) is 10.6. The zero-order valence-corrected chi connectivity index (χ0v) is 9.74. The van der Waals surface area contributed by atoms with Crippen LogP contribution >= 0.6 is 0 Å². The third-order valence-corrected chi connectivity index (χ3v) is 2.00. The first-order chi connectivity index (χ1) is 6.89. The quantitative estimate of drug-likeness (QED) is 0.610. The van der Waals surface area contributed by atoms with Gasteiger partial charge in [-0.05, 0) is 33.0 Å². The van der Waals surface area contributed by atoms with E-state index in [4.69, 9.17) is 0 Å². The first-order valence-corrected chi connectivity index (χ1v) is 5.58. The van der Waals surface area contributed by atoms with Gasteiger partial charge in [-0.1, -0.05) is 50.2 Å². The van der Waals surface area contributed by atoms with Crippen molar-refractivity contribution in [3.05, 3.63) is 36.4 Å². The molecule has 1 nitrogen and oxygen atoms in total. The van der Waals surface area contributed by atoms with Crippen molar-refractivity contribution in [1.82, 2.24) is 4.90 Å². The molecule has 0 aromatic heterocycles. The van der Waals surface area contributed by atoms with E-state index in [-0.39, 0.29) is 0 Å². The molecule has 0 N–H and O–H groups in total. The van der Waals surface area contributed by atoms with Gasteiger partial charge >= 0.3 is 0 Å². The van der Waals surface area contributed by atoms with Gasteiger partial charge in [-0.25, -0.2) is 0 Å². The summed E-state index contributed by atoms with van der Waals surface area (Å²) in [5, 5.41) is 0. The molecule has 1 saturated heterocycles. The van der Waals surface area contributed by atoms with Crippen LogP contribution in [-0.2, 0) is 0 Å². The largest absolute Gasteiger partial charge is 0.306 e. The maximum Gasteiger partial charge on any atom is -0.00213 e. The van der Waals surface area contributed by atoms with E-state index in [2.05, 4.69) is 11.9 Å². The molecule has 1 aliphatic heterocycles. The van der Waals surface area contributed by atoms with Gasteiger partial charge in [-0.2, -0.15) is 0 Å². The maximum atomic E-state index is 2.36. The Bertz CT molecular complexity index is 151. The van der Waals surface area contributed by atoms with Crippen molar-refractivity contribution < 1.29 is 0 Å². The first-order valence-electron chi connectivity index (χ1n) is 5.58. The summed E-state index contributed by atoms with van der Waals surface area (Å²) < 4.78 is 0. The summed E-state index contributed by atoms with van der Waals surface area (Å²) in [6.45, 7) is 6.64. The van der Waals surface area contributed by atoms with E-state index in [0.717, 1.165) is 0 Å². The van der Waals surface area contributed by atoms with E-state index in [1.54, 1.807) is 0 Å². The summed E-state index contributed by atoms with van der Waals surface area (Å²) in [6, 6.07) is 12.0. The molecule has 80 valence electrons. The lowest BCUT2D eigenvalue weighted by molar-refractivity contribution is 0.418. The highest BCUT2D eigenvalue weighted by Crippen LogP contribution is 2.02. The Morgan fingerprint density at radius 3 is 1.14 bits per heavy atom. The lowest BCUT2D eigenvalue weighted by atomic mass is 10.4. The van der Waals surface area contributed by atoms with E-state index in [9.17, 15) is 0 Å². The first kappa shape index (κ1) is 13.2. The molecule has 1 heteroatoms. The Morgan fingerprint density at radius 1 is 0.714 bits per heavy atom. The Hall–Kier alpha value is -0.820. The maximum absolute atomic E-state index is 2.36. The molecule has 1 aliphatic rings. The molecule has 1 aromatic carbocycles. The fourth-order valence-electron chi connectivity index (χ4n) is 1.26. The average Bonchev–Trinajstić information content (AvgIpc) is 2.76. The highest BCUT2D eigenvalue weighted by Gasteiger charge is 2.03. The van der Waals surface area contributed by atoms with Gasteiger partial charge < -0.3 is 4.90 Å². The normalized spacial score (nSPS) is 14.8. The van der Waals surface area contributed by atoms with E-state index in [1.807, 2.05) is 50.2 Å². The predicted molar refractivity (Wildman–Crippen MR) is 64.5 cm³/mol. The zero-order valence-electron chi connectivity index (χ0n) is 9.74. The lowest BCUT2D eigenvalue weighted by Gasteiger charge is -2.01. The molecular formula is C13H23N. The molecule has 0 unspecified atom stereocenters. The van der Waals surface area contributed by atoms with Crippen LogP contribution in [0.25, 0.3) is 0 Å². The number of benzene rings is 1. The molecular weight excluding hydrogens is 170 g/mol. The van der Waals surface area contributed by atoms with E-state index >= 15 is 0 Å². The summed E-state index contributed by atoms with van der Waals surface area (Å²) in [5.74, 6) is 0. The molecule has 0 saturated carbocycles. The minimum absolute atomic E-state index is 1.32. The van der Waals surface area contributed by atoms with Crippen molar-refractivity contribution in [1.29, 1.82) is 0 Å². The van der Waals surface area contributed by atoms with Crippen molar-refractivity contribution in [3.8, 4) is 0 Å². The minimum atomic E-state index is 1.32. The smallest absolute Gasteiger partial charge is 0.00213 e. The SMILES string of the molecule is CC.CN1CCCC1.c1ccccc1. The van der Waals surface area contributed by atoms with Gasteiger partial charge in [0.15, 0.2) is 0 Å². The topological polar surface area (TPSA) is 3.24 Å². The van der Waals surface area contributed by atoms with E-state index in [0.29, 0.717) is 0 Å². The fraction of sp³-hybridized carbons (Fsp3) is 0.538. The Labute approximate surface area is 88.8 Å². The van der Waals surface area contributed by atoms with Gasteiger partial charge in [-0.15, -0.1) is 0 Å². The van der Waals surface area contributed by atoms with Crippen LogP contribution in [0, 0.1) is 0 Å². The predicted octanol–water partition coefficient (Wildman–Crippen LogP) is 3.42. The van der Waals surface area contributed by atoms with Crippen molar-refractivity contribution in [2.24, 2.45) is 0 Å². The molecule has 0 amide bonds. The van der Waals surface area contributed by atoms with Crippen LogP contribution in [0.1, 0.15) is 26.7 Å². The van der Waals surface area contributed by atoms with Crippen molar-refractivity contribution in [3.63, 3.8) is 0 Å². The van der Waals surface area contributed by atoms with Crippen LogP contribution in [-0.4, -0.2) is 25.0 Å². The van der Waals surface area contributed by atoms with E-state index < -0.39 is 0 Å². The van der Waals surface area contributed by atoms with Crippen molar-refractivity contribution >= 4 is 0 Å². The van der Waals surface area contributed by atoms with Crippen molar-refractivity contribution in [2.75, 3.05) is 20.1 Å². The summed E-state index contributed by atoms with van der Waals surface area (Å²) in [7, 11) is 2.17. The third kappa shape index (κ3) is 7.81. The summed E-state index contributed by atoms with van der Waals surface area (Å²) in [6.07, 6.45) is 2.83. The van der Waals surface area contributed by atoms with Crippen LogP contribution in [0.4, 0.5) is 0 Å². The van der Waals surface area contributed by atoms with Gasteiger partial charge in [0.05, 0.1) is 0 Å². The molecule has 2 rings (SSSR count). The number of hydrogen-bond donors (Lipinski definition) is 0. The van der Waals surface area contributed by atoms with Crippen LogP contribution in [0.2, 0.25) is 0 Å². The van der Waals surface area contributed by atoms with Crippen LogP contribution in [0.15, 0.2) is 36.4 Å². The Morgan fingerprint density at radius 2 is 1.00 bits per heavy atom. The second-order valence-corrected chi connectivity index (χ2v) is 3.17. The Balaban J connectivity index is 0.000000206. The number of rotatable bonds is 0. The van der Waals surface area contributed by atoms with Crippen LogP contribution < -0.4 is 0 Å². The number of likely N-dealkylation sites (tertiary alicyclic amines) is 1. The van der Waals surface area contributed by atoms with Gasteiger partial charge in [0.1, 0.15) is 0 Å². The van der Waals surface area contributed by atoms with Gasteiger partial charge in [0.25, 0.3) is 0 Å². The molecule has 0 atom stereocenters. The lowest BCUT2D eigenvalue weighted by Crippen LogP contribution is -2.10. The molecule has 0 spiro atoms. The number of nitrogens with zero attached hydrogens (tertiary/aromatic N) is 1.